The number of carbonyl (C=O) groups excluding carboxylic acids is 1. The SMILES string of the molecule is CC(=O)O[C@H]1CNC[C@@H](OCc2ccccc2)[C@H]1OCc1ccccc1. The number of rotatable bonds is 7. The van der Waals surface area contributed by atoms with E-state index in [4.69, 9.17) is 14.2 Å². The fourth-order valence-electron chi connectivity index (χ4n) is 3.07. The molecule has 1 saturated heterocycles. The summed E-state index contributed by atoms with van der Waals surface area (Å²) in [6, 6.07) is 20.0. The Hall–Kier alpha value is -2.21. The van der Waals surface area contributed by atoms with Gasteiger partial charge >= 0.3 is 5.97 Å². The van der Waals surface area contributed by atoms with E-state index in [1.54, 1.807) is 0 Å². The van der Waals surface area contributed by atoms with Crippen molar-refractivity contribution < 1.29 is 19.0 Å². The summed E-state index contributed by atoms with van der Waals surface area (Å²) in [6.07, 6.45) is -0.883. The van der Waals surface area contributed by atoms with E-state index >= 15 is 0 Å². The Balaban J connectivity index is 1.66. The molecule has 1 heterocycles. The smallest absolute Gasteiger partial charge is 0.303 e. The van der Waals surface area contributed by atoms with Gasteiger partial charge in [-0.15, -0.1) is 0 Å². The first-order chi connectivity index (χ1) is 12.7. The predicted molar refractivity (Wildman–Crippen MR) is 98.5 cm³/mol. The lowest BCUT2D eigenvalue weighted by molar-refractivity contribution is -0.176. The molecule has 0 spiro atoms. The molecular formula is C21H25NO4. The molecule has 1 aliphatic rings. The van der Waals surface area contributed by atoms with Crippen molar-refractivity contribution in [2.75, 3.05) is 13.1 Å². The van der Waals surface area contributed by atoms with Crippen LogP contribution in [0.3, 0.4) is 0 Å². The molecule has 0 amide bonds. The molecule has 5 nitrogen and oxygen atoms in total. The van der Waals surface area contributed by atoms with Crippen molar-refractivity contribution in [3.63, 3.8) is 0 Å². The summed E-state index contributed by atoms with van der Waals surface area (Å²) in [5.74, 6) is -0.311. The largest absolute Gasteiger partial charge is 0.458 e. The molecule has 0 aliphatic carbocycles. The predicted octanol–water partition coefficient (Wildman–Crippen LogP) is 2.69. The third kappa shape index (κ3) is 5.39. The molecule has 2 aromatic carbocycles. The van der Waals surface area contributed by atoms with E-state index in [1.165, 1.54) is 6.92 Å². The molecule has 5 heteroatoms. The minimum Gasteiger partial charge on any atom is -0.458 e. The van der Waals surface area contributed by atoms with Crippen molar-refractivity contribution in [2.24, 2.45) is 0 Å². The average molecular weight is 355 g/mol. The van der Waals surface area contributed by atoms with Gasteiger partial charge in [-0.05, 0) is 11.1 Å². The van der Waals surface area contributed by atoms with Crippen LogP contribution in [0.15, 0.2) is 60.7 Å². The molecule has 3 atom stereocenters. The Morgan fingerprint density at radius 3 is 2.00 bits per heavy atom. The number of benzene rings is 2. The second-order valence-electron chi connectivity index (χ2n) is 6.40. The summed E-state index contributed by atoms with van der Waals surface area (Å²) in [5.41, 5.74) is 2.18. The van der Waals surface area contributed by atoms with E-state index in [0.29, 0.717) is 26.3 Å². The molecule has 0 saturated carbocycles. The van der Waals surface area contributed by atoms with Crippen LogP contribution in [0.5, 0.6) is 0 Å². The normalized spacial score (nSPS) is 22.7. The molecule has 26 heavy (non-hydrogen) atoms. The molecule has 0 unspecified atom stereocenters. The lowest BCUT2D eigenvalue weighted by Crippen LogP contribution is -2.56. The summed E-state index contributed by atoms with van der Waals surface area (Å²) in [4.78, 5) is 11.5. The van der Waals surface area contributed by atoms with Crippen LogP contribution in [-0.4, -0.2) is 37.4 Å². The monoisotopic (exact) mass is 355 g/mol. The van der Waals surface area contributed by atoms with Crippen molar-refractivity contribution in [3.8, 4) is 0 Å². The maximum Gasteiger partial charge on any atom is 0.303 e. The first kappa shape index (κ1) is 18.6. The summed E-state index contributed by atoms with van der Waals surface area (Å²) in [5, 5.41) is 3.27. The Bertz CT molecular complexity index is 677. The van der Waals surface area contributed by atoms with Gasteiger partial charge in [-0.2, -0.15) is 0 Å². The lowest BCUT2D eigenvalue weighted by Gasteiger charge is -2.37. The molecule has 1 fully saturated rings. The highest BCUT2D eigenvalue weighted by molar-refractivity contribution is 5.66. The highest BCUT2D eigenvalue weighted by atomic mass is 16.6. The number of esters is 1. The first-order valence-corrected chi connectivity index (χ1v) is 8.91. The minimum atomic E-state index is -0.370. The lowest BCUT2D eigenvalue weighted by atomic mass is 10.0. The topological polar surface area (TPSA) is 56.8 Å². The molecule has 3 rings (SSSR count). The highest BCUT2D eigenvalue weighted by Gasteiger charge is 2.37. The zero-order valence-electron chi connectivity index (χ0n) is 15.0. The van der Waals surface area contributed by atoms with Gasteiger partial charge in [-0.3, -0.25) is 4.79 Å². The number of carbonyl (C=O) groups is 1. The highest BCUT2D eigenvalue weighted by Crippen LogP contribution is 2.19. The molecule has 0 radical (unpaired) electrons. The standard InChI is InChI=1S/C21H25NO4/c1-16(23)26-20-13-22-12-19(24-14-17-8-4-2-5-9-17)21(20)25-15-18-10-6-3-7-11-18/h2-11,19-22H,12-15H2,1H3/t19-,20+,21-/m1/s1. The van der Waals surface area contributed by atoms with E-state index in [0.717, 1.165) is 11.1 Å². The first-order valence-electron chi connectivity index (χ1n) is 8.91. The Labute approximate surface area is 154 Å². The van der Waals surface area contributed by atoms with E-state index in [2.05, 4.69) is 5.32 Å². The fraction of sp³-hybridized carbons (Fsp3) is 0.381. The summed E-state index contributed by atoms with van der Waals surface area (Å²) in [6.45, 7) is 3.58. The van der Waals surface area contributed by atoms with Crippen LogP contribution in [-0.2, 0) is 32.2 Å². The summed E-state index contributed by atoms with van der Waals surface area (Å²) < 4.78 is 17.7. The van der Waals surface area contributed by atoms with Gasteiger partial charge in [-0.1, -0.05) is 60.7 Å². The minimum absolute atomic E-state index is 0.197. The zero-order valence-corrected chi connectivity index (χ0v) is 15.0. The van der Waals surface area contributed by atoms with E-state index in [-0.39, 0.29) is 24.3 Å². The summed E-state index contributed by atoms with van der Waals surface area (Å²) in [7, 11) is 0. The van der Waals surface area contributed by atoms with Crippen LogP contribution in [0, 0.1) is 0 Å². The van der Waals surface area contributed by atoms with E-state index in [9.17, 15) is 4.79 Å². The fourth-order valence-corrected chi connectivity index (χ4v) is 3.07. The van der Waals surface area contributed by atoms with Crippen molar-refractivity contribution in [2.45, 2.75) is 38.4 Å². The van der Waals surface area contributed by atoms with Crippen LogP contribution in [0.1, 0.15) is 18.1 Å². The molecule has 1 N–H and O–H groups in total. The maximum atomic E-state index is 11.5. The van der Waals surface area contributed by atoms with Gasteiger partial charge in [0.05, 0.1) is 13.2 Å². The van der Waals surface area contributed by atoms with Crippen LogP contribution >= 0.6 is 0 Å². The second kappa shape index (κ2) is 9.48. The van der Waals surface area contributed by atoms with Crippen molar-refractivity contribution in [3.05, 3.63) is 71.8 Å². The zero-order chi connectivity index (χ0) is 18.2. The van der Waals surface area contributed by atoms with E-state index in [1.807, 2.05) is 60.7 Å². The third-order valence-corrected chi connectivity index (χ3v) is 4.33. The van der Waals surface area contributed by atoms with Gasteiger partial charge in [0.15, 0.2) is 0 Å². The Morgan fingerprint density at radius 1 is 0.885 bits per heavy atom. The number of piperidine rings is 1. The van der Waals surface area contributed by atoms with E-state index < -0.39 is 0 Å². The van der Waals surface area contributed by atoms with Gasteiger partial charge in [0, 0.05) is 20.0 Å². The number of hydrogen-bond acceptors (Lipinski definition) is 5. The Morgan fingerprint density at radius 2 is 1.42 bits per heavy atom. The molecule has 138 valence electrons. The quantitative estimate of drug-likeness (QED) is 0.774. The average Bonchev–Trinajstić information content (AvgIpc) is 2.67. The van der Waals surface area contributed by atoms with Gasteiger partial charge in [0.25, 0.3) is 0 Å². The summed E-state index contributed by atoms with van der Waals surface area (Å²) >= 11 is 0. The van der Waals surface area contributed by atoms with Crippen LogP contribution in [0.2, 0.25) is 0 Å². The van der Waals surface area contributed by atoms with Gasteiger partial charge in [-0.25, -0.2) is 0 Å². The van der Waals surface area contributed by atoms with Crippen molar-refractivity contribution >= 4 is 5.97 Å². The van der Waals surface area contributed by atoms with Crippen LogP contribution < -0.4 is 5.32 Å². The number of nitrogens with one attached hydrogen (secondary N) is 1. The molecular weight excluding hydrogens is 330 g/mol. The van der Waals surface area contributed by atoms with Gasteiger partial charge in [0.1, 0.15) is 18.3 Å². The third-order valence-electron chi connectivity index (χ3n) is 4.33. The molecule has 0 aromatic heterocycles. The number of ether oxygens (including phenoxy) is 3. The van der Waals surface area contributed by atoms with Crippen LogP contribution in [0.25, 0.3) is 0 Å². The van der Waals surface area contributed by atoms with Crippen molar-refractivity contribution in [1.29, 1.82) is 0 Å². The maximum absolute atomic E-state index is 11.5. The van der Waals surface area contributed by atoms with Crippen molar-refractivity contribution in [1.82, 2.24) is 5.32 Å². The Kier molecular flexibility index (Phi) is 6.77. The van der Waals surface area contributed by atoms with Gasteiger partial charge in [0.2, 0.25) is 0 Å². The molecule has 2 aromatic rings. The number of hydrogen-bond donors (Lipinski definition) is 1. The molecule has 1 aliphatic heterocycles. The molecule has 0 bridgehead atoms. The second-order valence-corrected chi connectivity index (χ2v) is 6.40. The van der Waals surface area contributed by atoms with Crippen LogP contribution in [0.4, 0.5) is 0 Å². The van der Waals surface area contributed by atoms with Gasteiger partial charge < -0.3 is 19.5 Å².